The quantitative estimate of drug-likeness (QED) is 0.458. The third-order valence-corrected chi connectivity index (χ3v) is 2.54. The summed E-state index contributed by atoms with van der Waals surface area (Å²) in [5, 5.41) is 0. The zero-order valence-electron chi connectivity index (χ0n) is 7.09. The molecule has 0 aliphatic heterocycles. The molecule has 0 aromatic heterocycles. The first-order valence-corrected chi connectivity index (χ1v) is 4.13. The molecule has 2 heteroatoms. The van der Waals surface area contributed by atoms with Gasteiger partial charge in [-0.05, 0) is 24.2 Å². The van der Waals surface area contributed by atoms with Crippen molar-refractivity contribution in [3.8, 4) is 0 Å². The number of rotatable bonds is 3. The fourth-order valence-corrected chi connectivity index (χ4v) is 1.66. The van der Waals surface area contributed by atoms with Crippen LogP contribution in [-0.2, 0) is 0 Å². The maximum Gasteiger partial charge on any atom is 0.0264 e. The molecule has 0 saturated heterocycles. The number of hydrogen-bond donors (Lipinski definition) is 2. The van der Waals surface area contributed by atoms with Gasteiger partial charge in [-0.25, -0.2) is 0 Å². The van der Waals surface area contributed by atoms with E-state index in [9.17, 15) is 0 Å². The summed E-state index contributed by atoms with van der Waals surface area (Å²) in [6, 6.07) is 0.537. The summed E-state index contributed by atoms with van der Waals surface area (Å²) >= 11 is 0. The molecule has 0 heterocycles. The highest BCUT2D eigenvalue weighted by molar-refractivity contribution is 4.92. The highest BCUT2D eigenvalue weighted by Gasteiger charge is 2.39. The van der Waals surface area contributed by atoms with Crippen LogP contribution in [0.2, 0.25) is 0 Å². The van der Waals surface area contributed by atoms with Crippen LogP contribution in [-0.4, -0.2) is 6.04 Å². The van der Waals surface area contributed by atoms with Gasteiger partial charge in [0.25, 0.3) is 0 Å². The number of nitrogens with one attached hydrogen (secondary N) is 1. The summed E-state index contributed by atoms with van der Waals surface area (Å²) in [4.78, 5) is 0. The third kappa shape index (κ3) is 1.50. The summed E-state index contributed by atoms with van der Waals surface area (Å²) in [5.41, 5.74) is 2.89. The minimum Gasteiger partial charge on any atom is -0.271 e. The van der Waals surface area contributed by atoms with Crippen LogP contribution in [0.15, 0.2) is 0 Å². The van der Waals surface area contributed by atoms with Crippen molar-refractivity contribution < 1.29 is 0 Å². The molecular formula is C8H18N2. The molecule has 0 aromatic carbocycles. The lowest BCUT2D eigenvalue weighted by Crippen LogP contribution is -2.41. The Morgan fingerprint density at radius 3 is 2.10 bits per heavy atom. The second-order valence-electron chi connectivity index (χ2n) is 3.81. The Labute approximate surface area is 63.1 Å². The van der Waals surface area contributed by atoms with Gasteiger partial charge >= 0.3 is 0 Å². The minimum atomic E-state index is 0.537. The zero-order chi connectivity index (χ0) is 7.72. The van der Waals surface area contributed by atoms with Crippen molar-refractivity contribution in [2.75, 3.05) is 0 Å². The number of hydrazine groups is 1. The minimum absolute atomic E-state index is 0.537. The van der Waals surface area contributed by atoms with Crippen LogP contribution in [0.5, 0.6) is 0 Å². The molecule has 1 fully saturated rings. The van der Waals surface area contributed by atoms with Crippen molar-refractivity contribution in [3.05, 3.63) is 0 Å². The van der Waals surface area contributed by atoms with Gasteiger partial charge < -0.3 is 0 Å². The molecule has 0 amide bonds. The first-order chi connectivity index (χ1) is 4.66. The fourth-order valence-electron chi connectivity index (χ4n) is 1.66. The summed E-state index contributed by atoms with van der Waals surface area (Å²) in [7, 11) is 0. The molecular weight excluding hydrogens is 124 g/mol. The van der Waals surface area contributed by atoms with Gasteiger partial charge in [0.2, 0.25) is 0 Å². The van der Waals surface area contributed by atoms with E-state index < -0.39 is 0 Å². The Bertz CT molecular complexity index is 112. The molecule has 1 saturated carbocycles. The highest BCUT2D eigenvalue weighted by Crippen LogP contribution is 2.42. The molecule has 0 radical (unpaired) electrons. The topological polar surface area (TPSA) is 38.0 Å². The van der Waals surface area contributed by atoms with Gasteiger partial charge in [-0.1, -0.05) is 20.8 Å². The third-order valence-electron chi connectivity index (χ3n) is 2.54. The van der Waals surface area contributed by atoms with Gasteiger partial charge in [0.05, 0.1) is 0 Å². The van der Waals surface area contributed by atoms with Gasteiger partial charge in [0.1, 0.15) is 0 Å². The van der Waals surface area contributed by atoms with Crippen LogP contribution in [0.4, 0.5) is 0 Å². The summed E-state index contributed by atoms with van der Waals surface area (Å²) < 4.78 is 0. The van der Waals surface area contributed by atoms with Crippen LogP contribution in [0.3, 0.4) is 0 Å². The van der Waals surface area contributed by atoms with Crippen LogP contribution in [0, 0.1) is 17.8 Å². The Morgan fingerprint density at radius 2 is 2.00 bits per heavy atom. The van der Waals surface area contributed by atoms with Crippen LogP contribution >= 0.6 is 0 Å². The van der Waals surface area contributed by atoms with Crippen molar-refractivity contribution in [1.82, 2.24) is 5.43 Å². The van der Waals surface area contributed by atoms with Gasteiger partial charge in [0, 0.05) is 6.04 Å². The molecule has 1 rings (SSSR count). The lowest BCUT2D eigenvalue weighted by atomic mass is 9.99. The zero-order valence-corrected chi connectivity index (χ0v) is 7.09. The SMILES string of the molecule is CC(C)C(NN)C1CC1C. The van der Waals surface area contributed by atoms with Gasteiger partial charge in [-0.3, -0.25) is 11.3 Å². The lowest BCUT2D eigenvalue weighted by molar-refractivity contribution is 0.355. The Balaban J connectivity index is 2.34. The summed E-state index contributed by atoms with van der Waals surface area (Å²) in [6.07, 6.45) is 1.35. The molecule has 2 nitrogen and oxygen atoms in total. The molecule has 3 atom stereocenters. The Morgan fingerprint density at radius 1 is 1.50 bits per heavy atom. The van der Waals surface area contributed by atoms with Gasteiger partial charge in [-0.2, -0.15) is 0 Å². The Kier molecular flexibility index (Phi) is 2.32. The molecule has 0 spiro atoms. The van der Waals surface area contributed by atoms with E-state index in [1.165, 1.54) is 6.42 Å². The standard InChI is InChI=1S/C8H18N2/c1-5(2)8(10-9)7-4-6(7)3/h5-8,10H,4,9H2,1-3H3. The van der Waals surface area contributed by atoms with E-state index in [-0.39, 0.29) is 0 Å². The number of nitrogens with two attached hydrogens (primary N) is 1. The molecule has 1 aliphatic rings. The van der Waals surface area contributed by atoms with E-state index in [2.05, 4.69) is 26.2 Å². The van der Waals surface area contributed by atoms with Crippen molar-refractivity contribution >= 4 is 0 Å². The molecule has 1 aliphatic carbocycles. The monoisotopic (exact) mass is 142 g/mol. The predicted octanol–water partition coefficient (Wildman–Crippen LogP) is 1.13. The molecule has 60 valence electrons. The largest absolute Gasteiger partial charge is 0.271 e. The van der Waals surface area contributed by atoms with Crippen molar-refractivity contribution in [3.63, 3.8) is 0 Å². The maximum atomic E-state index is 5.43. The van der Waals surface area contributed by atoms with Gasteiger partial charge in [0.15, 0.2) is 0 Å². The van der Waals surface area contributed by atoms with Crippen LogP contribution < -0.4 is 11.3 Å². The van der Waals surface area contributed by atoms with Crippen molar-refractivity contribution in [1.29, 1.82) is 0 Å². The summed E-state index contributed by atoms with van der Waals surface area (Å²) in [5.74, 6) is 7.82. The van der Waals surface area contributed by atoms with E-state index in [0.29, 0.717) is 12.0 Å². The smallest absolute Gasteiger partial charge is 0.0264 e. The Hall–Kier alpha value is -0.0800. The second-order valence-corrected chi connectivity index (χ2v) is 3.81. The fraction of sp³-hybridized carbons (Fsp3) is 1.00. The normalized spacial score (nSPS) is 34.5. The van der Waals surface area contributed by atoms with E-state index in [1.54, 1.807) is 0 Å². The highest BCUT2D eigenvalue weighted by atomic mass is 15.2. The molecule has 3 N–H and O–H groups in total. The average Bonchev–Trinajstić information content (AvgIpc) is 2.48. The van der Waals surface area contributed by atoms with E-state index >= 15 is 0 Å². The van der Waals surface area contributed by atoms with E-state index in [1.807, 2.05) is 0 Å². The van der Waals surface area contributed by atoms with Gasteiger partial charge in [-0.15, -0.1) is 0 Å². The molecule has 3 unspecified atom stereocenters. The van der Waals surface area contributed by atoms with Crippen molar-refractivity contribution in [2.24, 2.45) is 23.6 Å². The van der Waals surface area contributed by atoms with Crippen LogP contribution in [0.1, 0.15) is 27.2 Å². The van der Waals surface area contributed by atoms with E-state index in [4.69, 9.17) is 5.84 Å². The first-order valence-electron chi connectivity index (χ1n) is 4.13. The van der Waals surface area contributed by atoms with E-state index in [0.717, 1.165) is 11.8 Å². The average molecular weight is 142 g/mol. The molecule has 0 aromatic rings. The predicted molar refractivity (Wildman–Crippen MR) is 43.2 cm³/mol. The molecule has 10 heavy (non-hydrogen) atoms. The number of hydrogen-bond acceptors (Lipinski definition) is 2. The maximum absolute atomic E-state index is 5.43. The van der Waals surface area contributed by atoms with Crippen LogP contribution in [0.25, 0.3) is 0 Å². The first kappa shape index (κ1) is 8.02. The van der Waals surface area contributed by atoms with Crippen molar-refractivity contribution in [2.45, 2.75) is 33.2 Å². The summed E-state index contributed by atoms with van der Waals surface area (Å²) in [6.45, 7) is 6.72. The second kappa shape index (κ2) is 2.89. The molecule has 0 bridgehead atoms. The lowest BCUT2D eigenvalue weighted by Gasteiger charge is -2.19.